The Morgan fingerprint density at radius 2 is 2.00 bits per heavy atom. The Bertz CT molecular complexity index is 679. The zero-order valence-electron chi connectivity index (χ0n) is 13.2. The summed E-state index contributed by atoms with van der Waals surface area (Å²) in [6, 6.07) is 9.45. The highest BCUT2D eigenvalue weighted by molar-refractivity contribution is 7.12. The largest absolute Gasteiger partial charge is 0.497 e. The van der Waals surface area contributed by atoms with Crippen molar-refractivity contribution in [3.8, 4) is 5.75 Å². The quantitative estimate of drug-likeness (QED) is 0.818. The number of methoxy groups -OCH3 is 1. The molecule has 1 atom stereocenters. The van der Waals surface area contributed by atoms with Gasteiger partial charge in [0.05, 0.1) is 17.6 Å². The third-order valence-electron chi connectivity index (χ3n) is 3.66. The molecule has 2 amide bonds. The van der Waals surface area contributed by atoms with E-state index in [9.17, 15) is 9.59 Å². The molecule has 0 spiro atoms. The SMILES string of the molecule is COc1ccc(C(C)CCNC(=O)c2cc(C(N)=O)cs2)cc1. The van der Waals surface area contributed by atoms with Gasteiger partial charge >= 0.3 is 0 Å². The van der Waals surface area contributed by atoms with Crippen LogP contribution in [0.2, 0.25) is 0 Å². The maximum atomic E-state index is 12.0. The summed E-state index contributed by atoms with van der Waals surface area (Å²) in [5, 5.41) is 4.46. The Morgan fingerprint density at radius 1 is 1.30 bits per heavy atom. The van der Waals surface area contributed by atoms with Crippen LogP contribution in [0.25, 0.3) is 0 Å². The molecule has 23 heavy (non-hydrogen) atoms. The zero-order valence-corrected chi connectivity index (χ0v) is 14.0. The van der Waals surface area contributed by atoms with Gasteiger partial charge in [-0.2, -0.15) is 0 Å². The fourth-order valence-electron chi connectivity index (χ4n) is 2.17. The molecule has 6 heteroatoms. The Labute approximate surface area is 139 Å². The van der Waals surface area contributed by atoms with Crippen LogP contribution in [-0.2, 0) is 0 Å². The van der Waals surface area contributed by atoms with Crippen molar-refractivity contribution >= 4 is 23.2 Å². The molecule has 122 valence electrons. The van der Waals surface area contributed by atoms with Gasteiger partial charge in [-0.25, -0.2) is 0 Å². The highest BCUT2D eigenvalue weighted by Crippen LogP contribution is 2.21. The molecule has 0 fully saturated rings. The molecule has 0 saturated carbocycles. The molecule has 0 aliphatic carbocycles. The molecule has 0 aliphatic heterocycles. The first-order chi connectivity index (χ1) is 11.0. The fraction of sp³-hybridized carbons (Fsp3) is 0.294. The molecule has 1 aromatic carbocycles. The minimum Gasteiger partial charge on any atom is -0.497 e. The predicted octanol–water partition coefficient (Wildman–Crippen LogP) is 2.78. The number of hydrogen-bond donors (Lipinski definition) is 2. The van der Waals surface area contributed by atoms with Gasteiger partial charge in [-0.15, -0.1) is 11.3 Å². The van der Waals surface area contributed by atoms with Crippen LogP contribution >= 0.6 is 11.3 Å². The Kier molecular flexibility index (Phi) is 5.76. The topological polar surface area (TPSA) is 81.4 Å². The number of rotatable bonds is 7. The van der Waals surface area contributed by atoms with Gasteiger partial charge in [-0.3, -0.25) is 9.59 Å². The van der Waals surface area contributed by atoms with E-state index < -0.39 is 5.91 Å². The van der Waals surface area contributed by atoms with Crippen molar-refractivity contribution in [1.29, 1.82) is 0 Å². The number of nitrogens with two attached hydrogens (primary N) is 1. The van der Waals surface area contributed by atoms with Gasteiger partial charge in [0.1, 0.15) is 5.75 Å². The van der Waals surface area contributed by atoms with Crippen LogP contribution in [0.15, 0.2) is 35.7 Å². The molecule has 2 aromatic rings. The van der Waals surface area contributed by atoms with Crippen LogP contribution in [0.5, 0.6) is 5.75 Å². The van der Waals surface area contributed by atoms with E-state index in [0.29, 0.717) is 22.9 Å². The standard InChI is InChI=1S/C17H20N2O3S/c1-11(12-3-5-14(22-2)6-4-12)7-8-19-17(21)15-9-13(10-23-15)16(18)20/h3-6,9-11H,7-8H2,1-2H3,(H2,18,20)(H,19,21). The van der Waals surface area contributed by atoms with Gasteiger partial charge in [-0.1, -0.05) is 19.1 Å². The van der Waals surface area contributed by atoms with Gasteiger partial charge in [-0.05, 0) is 36.1 Å². The number of benzene rings is 1. The van der Waals surface area contributed by atoms with Crippen LogP contribution in [0.1, 0.15) is 44.9 Å². The summed E-state index contributed by atoms with van der Waals surface area (Å²) in [6.07, 6.45) is 0.826. The zero-order chi connectivity index (χ0) is 16.8. The monoisotopic (exact) mass is 332 g/mol. The summed E-state index contributed by atoms with van der Waals surface area (Å²) in [5.41, 5.74) is 6.75. The average molecular weight is 332 g/mol. The molecule has 0 radical (unpaired) electrons. The van der Waals surface area contributed by atoms with Crippen LogP contribution in [0, 0.1) is 0 Å². The second-order valence-electron chi connectivity index (χ2n) is 5.28. The van der Waals surface area contributed by atoms with Gasteiger partial charge in [0.15, 0.2) is 0 Å². The Balaban J connectivity index is 1.83. The molecular weight excluding hydrogens is 312 g/mol. The lowest BCUT2D eigenvalue weighted by Gasteiger charge is -2.13. The molecule has 1 aromatic heterocycles. The van der Waals surface area contributed by atoms with Crippen LogP contribution in [-0.4, -0.2) is 25.5 Å². The maximum Gasteiger partial charge on any atom is 0.261 e. The molecule has 2 rings (SSSR count). The summed E-state index contributed by atoms with van der Waals surface area (Å²) in [6.45, 7) is 2.68. The maximum absolute atomic E-state index is 12.0. The first-order valence-corrected chi connectivity index (χ1v) is 8.19. The number of thiophene rings is 1. The second kappa shape index (κ2) is 7.78. The lowest BCUT2D eigenvalue weighted by molar-refractivity contribution is 0.0956. The Hall–Kier alpha value is -2.34. The van der Waals surface area contributed by atoms with E-state index >= 15 is 0 Å². The van der Waals surface area contributed by atoms with Crippen molar-refractivity contribution in [1.82, 2.24) is 5.32 Å². The molecule has 0 saturated heterocycles. The van der Waals surface area contributed by atoms with E-state index in [-0.39, 0.29) is 5.91 Å². The number of primary amides is 1. The van der Waals surface area contributed by atoms with Crippen LogP contribution in [0.4, 0.5) is 0 Å². The van der Waals surface area contributed by atoms with E-state index in [1.807, 2.05) is 24.3 Å². The lowest BCUT2D eigenvalue weighted by atomic mass is 9.98. The molecular formula is C17H20N2O3S. The van der Waals surface area contributed by atoms with Crippen molar-refractivity contribution in [3.05, 3.63) is 51.7 Å². The van der Waals surface area contributed by atoms with E-state index in [1.54, 1.807) is 12.5 Å². The van der Waals surface area contributed by atoms with Crippen LogP contribution in [0.3, 0.4) is 0 Å². The third-order valence-corrected chi connectivity index (χ3v) is 4.58. The minimum atomic E-state index is -0.520. The van der Waals surface area contributed by atoms with Gasteiger partial charge in [0, 0.05) is 11.9 Å². The first kappa shape index (κ1) is 17.0. The molecule has 1 unspecified atom stereocenters. The normalized spacial score (nSPS) is 11.7. The highest BCUT2D eigenvalue weighted by Gasteiger charge is 2.12. The van der Waals surface area contributed by atoms with Crippen molar-refractivity contribution in [2.75, 3.05) is 13.7 Å². The first-order valence-electron chi connectivity index (χ1n) is 7.31. The molecule has 0 bridgehead atoms. The average Bonchev–Trinajstić information content (AvgIpc) is 3.05. The number of nitrogens with one attached hydrogen (secondary N) is 1. The van der Waals surface area contributed by atoms with E-state index in [1.165, 1.54) is 23.0 Å². The van der Waals surface area contributed by atoms with Crippen molar-refractivity contribution in [2.24, 2.45) is 5.73 Å². The lowest BCUT2D eigenvalue weighted by Crippen LogP contribution is -2.24. The van der Waals surface area contributed by atoms with Gasteiger partial charge in [0.25, 0.3) is 5.91 Å². The number of hydrogen-bond acceptors (Lipinski definition) is 4. The van der Waals surface area contributed by atoms with Crippen LogP contribution < -0.4 is 15.8 Å². The molecule has 1 heterocycles. The highest BCUT2D eigenvalue weighted by atomic mass is 32.1. The molecule has 0 aliphatic rings. The Morgan fingerprint density at radius 3 is 2.57 bits per heavy atom. The van der Waals surface area contributed by atoms with Crippen molar-refractivity contribution < 1.29 is 14.3 Å². The summed E-state index contributed by atoms with van der Waals surface area (Å²) >= 11 is 1.22. The summed E-state index contributed by atoms with van der Waals surface area (Å²) in [5.74, 6) is 0.459. The van der Waals surface area contributed by atoms with Crippen molar-refractivity contribution in [2.45, 2.75) is 19.3 Å². The minimum absolute atomic E-state index is 0.176. The number of amides is 2. The molecule has 3 N–H and O–H groups in total. The summed E-state index contributed by atoms with van der Waals surface area (Å²) in [7, 11) is 1.64. The van der Waals surface area contributed by atoms with E-state index in [2.05, 4.69) is 12.2 Å². The summed E-state index contributed by atoms with van der Waals surface area (Å²) in [4.78, 5) is 23.5. The predicted molar refractivity (Wildman–Crippen MR) is 91.2 cm³/mol. The van der Waals surface area contributed by atoms with E-state index in [0.717, 1.165) is 12.2 Å². The third kappa shape index (κ3) is 4.56. The number of carbonyl (C=O) groups excluding carboxylic acids is 2. The van der Waals surface area contributed by atoms with Gasteiger partial charge in [0.2, 0.25) is 5.91 Å². The van der Waals surface area contributed by atoms with Crippen molar-refractivity contribution in [3.63, 3.8) is 0 Å². The van der Waals surface area contributed by atoms with Gasteiger partial charge < -0.3 is 15.8 Å². The van der Waals surface area contributed by atoms with E-state index in [4.69, 9.17) is 10.5 Å². The number of ether oxygens (including phenoxy) is 1. The fourth-order valence-corrected chi connectivity index (χ4v) is 2.99. The molecule has 5 nitrogen and oxygen atoms in total. The number of carbonyl (C=O) groups is 2. The second-order valence-corrected chi connectivity index (χ2v) is 6.19. The summed E-state index contributed by atoms with van der Waals surface area (Å²) < 4.78 is 5.14. The smallest absolute Gasteiger partial charge is 0.261 e.